The number of ether oxygens (including phenoxy) is 1. The molecule has 0 radical (unpaired) electrons. The number of nitrogens with zero attached hydrogens (tertiary/aromatic N) is 1. The molecular formula is C19H21NO5. The summed E-state index contributed by atoms with van der Waals surface area (Å²) in [6, 6.07) is 8.58. The Hall–Kier alpha value is -2.63. The summed E-state index contributed by atoms with van der Waals surface area (Å²) in [6.45, 7) is 3.61. The molecule has 1 amide bonds. The quantitative estimate of drug-likeness (QED) is 0.633. The minimum Gasteiger partial charge on any atom is -0.452 e. The number of rotatable bonds is 3. The van der Waals surface area contributed by atoms with Crippen molar-refractivity contribution in [2.45, 2.75) is 45.2 Å². The largest absolute Gasteiger partial charge is 0.452 e. The van der Waals surface area contributed by atoms with Crippen LogP contribution in [-0.4, -0.2) is 35.5 Å². The van der Waals surface area contributed by atoms with E-state index in [4.69, 9.17) is 9.15 Å². The molecule has 6 heteroatoms. The third kappa shape index (κ3) is 3.57. The first-order chi connectivity index (χ1) is 12.0. The molecule has 1 aromatic carbocycles. The van der Waals surface area contributed by atoms with Crippen molar-refractivity contribution in [3.8, 4) is 0 Å². The van der Waals surface area contributed by atoms with Gasteiger partial charge in [-0.2, -0.15) is 0 Å². The number of piperidine rings is 1. The summed E-state index contributed by atoms with van der Waals surface area (Å²) in [7, 11) is 0. The molecule has 1 fully saturated rings. The molecule has 0 spiro atoms. The van der Waals surface area contributed by atoms with E-state index in [0.29, 0.717) is 11.0 Å². The van der Waals surface area contributed by atoms with Gasteiger partial charge in [0, 0.05) is 17.5 Å². The Morgan fingerprint density at radius 3 is 2.60 bits per heavy atom. The number of carbonyl (C=O) groups excluding carboxylic acids is 2. The number of amides is 1. The number of hydrogen-bond donors (Lipinski definition) is 0. The zero-order valence-electron chi connectivity index (χ0n) is 14.4. The summed E-state index contributed by atoms with van der Waals surface area (Å²) in [5.41, 5.74) is -0.571. The van der Waals surface area contributed by atoms with Crippen molar-refractivity contribution < 1.29 is 18.7 Å². The molecule has 0 saturated carbocycles. The Balaban J connectivity index is 1.71. The van der Waals surface area contributed by atoms with Gasteiger partial charge in [0.05, 0.1) is 0 Å². The van der Waals surface area contributed by atoms with Gasteiger partial charge < -0.3 is 14.1 Å². The van der Waals surface area contributed by atoms with Crippen LogP contribution in [0.4, 0.5) is 0 Å². The molecule has 1 aromatic heterocycles. The maximum atomic E-state index is 12.4. The van der Waals surface area contributed by atoms with Crippen molar-refractivity contribution in [1.82, 2.24) is 4.90 Å². The molecule has 25 heavy (non-hydrogen) atoms. The van der Waals surface area contributed by atoms with Crippen LogP contribution in [0.15, 0.2) is 39.5 Å². The molecule has 0 aliphatic carbocycles. The van der Waals surface area contributed by atoms with E-state index in [9.17, 15) is 14.4 Å². The van der Waals surface area contributed by atoms with Crippen LogP contribution in [0.3, 0.4) is 0 Å². The topological polar surface area (TPSA) is 76.8 Å². The average Bonchev–Trinajstić information content (AvgIpc) is 2.59. The van der Waals surface area contributed by atoms with E-state index >= 15 is 0 Å². The molecule has 0 N–H and O–H groups in total. The van der Waals surface area contributed by atoms with Crippen LogP contribution in [0, 0.1) is 0 Å². The van der Waals surface area contributed by atoms with Gasteiger partial charge in [0.25, 0.3) is 5.91 Å². The van der Waals surface area contributed by atoms with E-state index in [1.807, 2.05) is 13.8 Å². The Morgan fingerprint density at radius 1 is 1.20 bits per heavy atom. The minimum atomic E-state index is -0.842. The van der Waals surface area contributed by atoms with Gasteiger partial charge in [-0.3, -0.25) is 4.79 Å². The Labute approximate surface area is 145 Å². The third-order valence-corrected chi connectivity index (χ3v) is 4.67. The molecule has 1 saturated heterocycles. The minimum absolute atomic E-state index is 0.126. The summed E-state index contributed by atoms with van der Waals surface area (Å²) >= 11 is 0. The molecule has 2 aromatic rings. The SMILES string of the molecule is C[C@H]1CCC[C@H](C)N1C(=O)COC(=O)c1cc2ccccc2oc1=O. The highest BCUT2D eigenvalue weighted by molar-refractivity contribution is 5.94. The van der Waals surface area contributed by atoms with E-state index in [-0.39, 0.29) is 30.2 Å². The fraction of sp³-hybridized carbons (Fsp3) is 0.421. The first-order valence-electron chi connectivity index (χ1n) is 8.48. The van der Waals surface area contributed by atoms with E-state index in [2.05, 4.69) is 0 Å². The van der Waals surface area contributed by atoms with Crippen molar-refractivity contribution in [1.29, 1.82) is 0 Å². The van der Waals surface area contributed by atoms with Gasteiger partial charge in [0.2, 0.25) is 0 Å². The van der Waals surface area contributed by atoms with E-state index in [1.165, 1.54) is 6.07 Å². The first kappa shape index (κ1) is 17.2. The average molecular weight is 343 g/mol. The second-order valence-electron chi connectivity index (χ2n) is 6.49. The van der Waals surface area contributed by atoms with Gasteiger partial charge in [-0.25, -0.2) is 9.59 Å². The third-order valence-electron chi connectivity index (χ3n) is 4.67. The highest BCUT2D eigenvalue weighted by Crippen LogP contribution is 2.22. The van der Waals surface area contributed by atoms with Crippen molar-refractivity contribution in [3.05, 3.63) is 46.3 Å². The van der Waals surface area contributed by atoms with Crippen LogP contribution in [-0.2, 0) is 9.53 Å². The van der Waals surface area contributed by atoms with Gasteiger partial charge in [0.1, 0.15) is 11.1 Å². The van der Waals surface area contributed by atoms with Gasteiger partial charge in [0.15, 0.2) is 6.61 Å². The molecule has 1 aliphatic rings. The molecular weight excluding hydrogens is 322 g/mol. The van der Waals surface area contributed by atoms with Crippen molar-refractivity contribution in [3.63, 3.8) is 0 Å². The molecule has 6 nitrogen and oxygen atoms in total. The lowest BCUT2D eigenvalue weighted by atomic mass is 9.97. The van der Waals surface area contributed by atoms with Gasteiger partial charge in [-0.15, -0.1) is 0 Å². The number of likely N-dealkylation sites (tertiary alicyclic amines) is 1. The molecule has 3 rings (SSSR count). The predicted molar refractivity (Wildman–Crippen MR) is 92.4 cm³/mol. The summed E-state index contributed by atoms with van der Waals surface area (Å²) in [4.78, 5) is 38.3. The van der Waals surface area contributed by atoms with Crippen LogP contribution in [0.1, 0.15) is 43.5 Å². The number of benzene rings is 1. The fourth-order valence-corrected chi connectivity index (χ4v) is 3.40. The van der Waals surface area contributed by atoms with Crippen LogP contribution < -0.4 is 5.63 Å². The number of carbonyl (C=O) groups is 2. The highest BCUT2D eigenvalue weighted by Gasteiger charge is 2.29. The van der Waals surface area contributed by atoms with Crippen LogP contribution in [0.25, 0.3) is 11.0 Å². The fourth-order valence-electron chi connectivity index (χ4n) is 3.40. The summed E-state index contributed by atoms with van der Waals surface area (Å²) in [5, 5.41) is 0.624. The lowest BCUT2D eigenvalue weighted by Gasteiger charge is -2.38. The zero-order chi connectivity index (χ0) is 18.0. The summed E-state index contributed by atoms with van der Waals surface area (Å²) in [6.07, 6.45) is 2.97. The van der Waals surface area contributed by atoms with Gasteiger partial charge >= 0.3 is 11.6 Å². The second-order valence-corrected chi connectivity index (χ2v) is 6.49. The lowest BCUT2D eigenvalue weighted by Crippen LogP contribution is -2.49. The number of esters is 1. The summed E-state index contributed by atoms with van der Waals surface area (Å²) in [5.74, 6) is -1.08. The highest BCUT2D eigenvalue weighted by atomic mass is 16.5. The van der Waals surface area contributed by atoms with Crippen LogP contribution >= 0.6 is 0 Å². The van der Waals surface area contributed by atoms with Crippen molar-refractivity contribution >= 4 is 22.8 Å². The zero-order valence-corrected chi connectivity index (χ0v) is 14.4. The lowest BCUT2D eigenvalue weighted by molar-refractivity contribution is -0.140. The Kier molecular flexibility index (Phi) is 4.88. The maximum absolute atomic E-state index is 12.4. The number of para-hydroxylation sites is 1. The van der Waals surface area contributed by atoms with Crippen LogP contribution in [0.2, 0.25) is 0 Å². The molecule has 2 atom stereocenters. The Bertz CT molecular complexity index is 846. The molecule has 0 bridgehead atoms. The normalized spacial score (nSPS) is 20.5. The standard InChI is InChI=1S/C19H21NO5/c1-12-6-5-7-13(2)20(12)17(21)11-24-18(22)15-10-14-8-3-4-9-16(14)25-19(15)23/h3-4,8-10,12-13H,5-7,11H2,1-2H3/t12-,13-/m0/s1. The molecule has 1 aliphatic heterocycles. The molecule has 0 unspecified atom stereocenters. The Morgan fingerprint density at radius 2 is 1.88 bits per heavy atom. The number of hydrogen-bond acceptors (Lipinski definition) is 5. The van der Waals surface area contributed by atoms with Gasteiger partial charge in [-0.1, -0.05) is 18.2 Å². The van der Waals surface area contributed by atoms with E-state index < -0.39 is 11.6 Å². The first-order valence-corrected chi connectivity index (χ1v) is 8.48. The molecule has 132 valence electrons. The maximum Gasteiger partial charge on any atom is 0.351 e. The van der Waals surface area contributed by atoms with E-state index in [0.717, 1.165) is 19.3 Å². The predicted octanol–water partition coefficient (Wildman–Crippen LogP) is 2.74. The smallest absolute Gasteiger partial charge is 0.351 e. The van der Waals surface area contributed by atoms with Crippen molar-refractivity contribution in [2.75, 3.05) is 6.61 Å². The van der Waals surface area contributed by atoms with E-state index in [1.54, 1.807) is 29.2 Å². The van der Waals surface area contributed by atoms with Crippen molar-refractivity contribution in [2.24, 2.45) is 0 Å². The summed E-state index contributed by atoms with van der Waals surface area (Å²) < 4.78 is 10.2. The molecule has 2 heterocycles. The van der Waals surface area contributed by atoms with Crippen LogP contribution in [0.5, 0.6) is 0 Å². The second kappa shape index (κ2) is 7.09. The monoisotopic (exact) mass is 343 g/mol. The number of fused-ring (bicyclic) bond motifs is 1. The van der Waals surface area contributed by atoms with Gasteiger partial charge in [-0.05, 0) is 45.2 Å².